The van der Waals surface area contributed by atoms with E-state index in [1.165, 1.54) is 0 Å². The molecule has 0 bridgehead atoms. The van der Waals surface area contributed by atoms with Crippen LogP contribution in [0.1, 0.15) is 32.6 Å². The maximum absolute atomic E-state index is 5.71. The molecule has 1 aromatic heterocycles. The molecule has 3 rings (SSSR count). The first-order valence-corrected chi connectivity index (χ1v) is 11.8. The second-order valence-corrected chi connectivity index (χ2v) is 7.98. The van der Waals surface area contributed by atoms with Crippen LogP contribution in [0.4, 0.5) is 5.95 Å². The number of aliphatic imine (C=N–C) groups is 1. The third-order valence-corrected chi connectivity index (χ3v) is 5.54. The van der Waals surface area contributed by atoms with Gasteiger partial charge in [0.2, 0.25) is 5.95 Å². The lowest BCUT2D eigenvalue weighted by Crippen LogP contribution is -2.47. The average molecular weight is 562 g/mol. The summed E-state index contributed by atoms with van der Waals surface area (Å²) in [6.45, 7) is 12.2. The van der Waals surface area contributed by atoms with Crippen LogP contribution in [0.2, 0.25) is 0 Å². The summed E-state index contributed by atoms with van der Waals surface area (Å²) in [6, 6.07) is 1.86. The fourth-order valence-electron chi connectivity index (χ4n) is 3.83. The number of anilines is 1. The van der Waals surface area contributed by atoms with E-state index in [0.29, 0.717) is 12.7 Å². The third kappa shape index (κ3) is 10.1. The highest BCUT2D eigenvalue weighted by molar-refractivity contribution is 14.0. The van der Waals surface area contributed by atoms with Gasteiger partial charge >= 0.3 is 0 Å². The molecular weight excluding hydrogens is 521 g/mol. The van der Waals surface area contributed by atoms with Crippen LogP contribution in [0.15, 0.2) is 23.5 Å². The number of rotatable bonds is 12. The molecule has 182 valence electrons. The fraction of sp³-hybridized carbons (Fsp3) is 0.773. The Morgan fingerprint density at radius 2 is 2.00 bits per heavy atom. The zero-order valence-corrected chi connectivity index (χ0v) is 21.7. The third-order valence-electron chi connectivity index (χ3n) is 5.54. The molecule has 3 heterocycles. The number of halogens is 1. The summed E-state index contributed by atoms with van der Waals surface area (Å²) >= 11 is 0. The van der Waals surface area contributed by atoms with Crippen molar-refractivity contribution in [3.63, 3.8) is 0 Å². The Balaban J connectivity index is 0.00000363. The van der Waals surface area contributed by atoms with Crippen molar-refractivity contribution >= 4 is 35.9 Å². The molecular formula is C22H40IN7O2. The normalized spacial score (nSPS) is 19.6. The standard InChI is InChI=1S/C22H39N7O2.HI/c1-2-23-21(25-11-6-17-30-19-20-7-3-18-31-20)24-10-5-12-28-13-15-29(16-14-28)22-26-8-4-9-27-22;/h4,8-9,20H,2-3,5-7,10-19H2,1H3,(H2,23,24,25);1H. The molecule has 9 nitrogen and oxygen atoms in total. The smallest absolute Gasteiger partial charge is 0.225 e. The number of aromatic nitrogens is 2. The molecule has 1 unspecified atom stereocenters. The molecule has 0 radical (unpaired) electrons. The van der Waals surface area contributed by atoms with Crippen LogP contribution in [0.5, 0.6) is 0 Å². The van der Waals surface area contributed by atoms with Crippen molar-refractivity contribution in [1.29, 1.82) is 0 Å². The van der Waals surface area contributed by atoms with Crippen LogP contribution < -0.4 is 15.5 Å². The van der Waals surface area contributed by atoms with Crippen molar-refractivity contribution in [1.82, 2.24) is 25.5 Å². The Morgan fingerprint density at radius 1 is 1.19 bits per heavy atom. The highest BCUT2D eigenvalue weighted by Gasteiger charge is 2.18. The van der Waals surface area contributed by atoms with Crippen LogP contribution in [0.3, 0.4) is 0 Å². The molecule has 1 atom stereocenters. The van der Waals surface area contributed by atoms with Crippen molar-refractivity contribution in [2.75, 3.05) is 77.1 Å². The number of nitrogens with zero attached hydrogens (tertiary/aromatic N) is 5. The number of guanidine groups is 1. The van der Waals surface area contributed by atoms with E-state index in [-0.39, 0.29) is 24.0 Å². The van der Waals surface area contributed by atoms with Crippen LogP contribution >= 0.6 is 24.0 Å². The number of hydrogen-bond donors (Lipinski definition) is 2. The summed E-state index contributed by atoms with van der Waals surface area (Å²) in [5.41, 5.74) is 0. The van der Waals surface area contributed by atoms with Crippen molar-refractivity contribution in [3.8, 4) is 0 Å². The predicted molar refractivity (Wildman–Crippen MR) is 139 cm³/mol. The summed E-state index contributed by atoms with van der Waals surface area (Å²) in [5, 5.41) is 6.78. The fourth-order valence-corrected chi connectivity index (χ4v) is 3.83. The van der Waals surface area contributed by atoms with E-state index >= 15 is 0 Å². The first kappa shape index (κ1) is 27.0. The van der Waals surface area contributed by atoms with Gasteiger partial charge in [-0.15, -0.1) is 24.0 Å². The van der Waals surface area contributed by atoms with Crippen molar-refractivity contribution in [2.24, 2.45) is 4.99 Å². The molecule has 2 aliphatic heterocycles. The number of hydrogen-bond acceptors (Lipinski definition) is 7. The minimum absolute atomic E-state index is 0. The Morgan fingerprint density at radius 3 is 2.72 bits per heavy atom. The minimum atomic E-state index is 0. The average Bonchev–Trinajstić information content (AvgIpc) is 3.33. The minimum Gasteiger partial charge on any atom is -0.379 e. The van der Waals surface area contributed by atoms with Gasteiger partial charge in [0.1, 0.15) is 0 Å². The van der Waals surface area contributed by atoms with Gasteiger partial charge in [0, 0.05) is 71.4 Å². The topological polar surface area (TPSA) is 87.1 Å². The first-order valence-electron chi connectivity index (χ1n) is 11.8. The molecule has 1 aromatic rings. The quantitative estimate of drug-likeness (QED) is 0.173. The number of ether oxygens (including phenoxy) is 2. The van der Waals surface area contributed by atoms with E-state index in [9.17, 15) is 0 Å². The van der Waals surface area contributed by atoms with Crippen molar-refractivity contribution in [3.05, 3.63) is 18.5 Å². The van der Waals surface area contributed by atoms with Gasteiger partial charge in [0.25, 0.3) is 0 Å². The summed E-state index contributed by atoms with van der Waals surface area (Å²) in [4.78, 5) is 18.1. The van der Waals surface area contributed by atoms with E-state index in [1.54, 1.807) is 0 Å². The number of piperazine rings is 1. The largest absolute Gasteiger partial charge is 0.379 e. The van der Waals surface area contributed by atoms with Gasteiger partial charge in [-0.25, -0.2) is 9.97 Å². The van der Waals surface area contributed by atoms with Crippen LogP contribution in [-0.4, -0.2) is 99.1 Å². The molecule has 0 saturated carbocycles. The van der Waals surface area contributed by atoms with Gasteiger partial charge in [-0.1, -0.05) is 0 Å². The van der Waals surface area contributed by atoms with E-state index in [1.807, 2.05) is 18.5 Å². The lowest BCUT2D eigenvalue weighted by molar-refractivity contribution is 0.0171. The van der Waals surface area contributed by atoms with Gasteiger partial charge in [-0.3, -0.25) is 9.89 Å². The highest BCUT2D eigenvalue weighted by Crippen LogP contribution is 2.12. The molecule has 0 aromatic carbocycles. The molecule has 32 heavy (non-hydrogen) atoms. The van der Waals surface area contributed by atoms with Gasteiger partial charge < -0.3 is 25.0 Å². The van der Waals surface area contributed by atoms with Gasteiger partial charge in [-0.05, 0) is 45.2 Å². The summed E-state index contributed by atoms with van der Waals surface area (Å²) in [6.07, 6.45) is 8.23. The van der Waals surface area contributed by atoms with Gasteiger partial charge in [0.15, 0.2) is 5.96 Å². The lowest BCUT2D eigenvalue weighted by atomic mass is 10.2. The van der Waals surface area contributed by atoms with Crippen LogP contribution in [-0.2, 0) is 9.47 Å². The Bertz CT molecular complexity index is 624. The second kappa shape index (κ2) is 16.4. The zero-order chi connectivity index (χ0) is 21.6. The Hall–Kier alpha value is -1.24. The maximum Gasteiger partial charge on any atom is 0.225 e. The molecule has 2 saturated heterocycles. The van der Waals surface area contributed by atoms with Gasteiger partial charge in [-0.2, -0.15) is 0 Å². The monoisotopic (exact) mass is 561 g/mol. The maximum atomic E-state index is 5.71. The molecule has 2 N–H and O–H groups in total. The Kier molecular flexibility index (Phi) is 13.8. The zero-order valence-electron chi connectivity index (χ0n) is 19.4. The van der Waals surface area contributed by atoms with Crippen LogP contribution in [0.25, 0.3) is 0 Å². The molecule has 0 amide bonds. The van der Waals surface area contributed by atoms with E-state index in [2.05, 4.69) is 42.3 Å². The molecule has 2 fully saturated rings. The van der Waals surface area contributed by atoms with Gasteiger partial charge in [0.05, 0.1) is 12.7 Å². The number of nitrogens with one attached hydrogen (secondary N) is 2. The van der Waals surface area contributed by atoms with Crippen molar-refractivity contribution < 1.29 is 9.47 Å². The molecule has 10 heteroatoms. The second-order valence-electron chi connectivity index (χ2n) is 7.98. The summed E-state index contributed by atoms with van der Waals surface area (Å²) in [7, 11) is 0. The molecule has 2 aliphatic rings. The molecule has 0 aliphatic carbocycles. The van der Waals surface area contributed by atoms with E-state index < -0.39 is 0 Å². The first-order chi connectivity index (χ1) is 15.3. The Labute approximate surface area is 209 Å². The van der Waals surface area contributed by atoms with Crippen molar-refractivity contribution in [2.45, 2.75) is 38.7 Å². The lowest BCUT2D eigenvalue weighted by Gasteiger charge is -2.34. The summed E-state index contributed by atoms with van der Waals surface area (Å²) < 4.78 is 11.3. The van der Waals surface area contributed by atoms with Crippen LogP contribution in [0, 0.1) is 0 Å². The molecule has 0 spiro atoms. The van der Waals surface area contributed by atoms with E-state index in [4.69, 9.17) is 9.47 Å². The predicted octanol–water partition coefficient (Wildman–Crippen LogP) is 1.75. The SMILES string of the molecule is CCNC(=NCCCOCC1CCCO1)NCCCN1CCN(c2ncccn2)CC1.I. The van der Waals surface area contributed by atoms with E-state index in [0.717, 1.165) is 103 Å². The summed E-state index contributed by atoms with van der Waals surface area (Å²) in [5.74, 6) is 1.74. The highest BCUT2D eigenvalue weighted by atomic mass is 127.